The van der Waals surface area contributed by atoms with Gasteiger partial charge in [-0.15, -0.1) is 0 Å². The lowest BCUT2D eigenvalue weighted by Gasteiger charge is -2.17. The van der Waals surface area contributed by atoms with Crippen LogP contribution in [0.3, 0.4) is 0 Å². The Morgan fingerprint density at radius 2 is 1.65 bits per heavy atom. The topological polar surface area (TPSA) is 78.8 Å². The van der Waals surface area contributed by atoms with Gasteiger partial charge in [0.25, 0.3) is 11.8 Å². The van der Waals surface area contributed by atoms with Gasteiger partial charge in [0.2, 0.25) is 0 Å². The molecular weight excluding hydrogens is 330 g/mol. The maximum Gasteiger partial charge on any atom is 0.271 e. The van der Waals surface area contributed by atoms with E-state index in [1.807, 2.05) is 37.1 Å². The molecule has 0 atom stereocenters. The van der Waals surface area contributed by atoms with Gasteiger partial charge in [0.1, 0.15) is 6.79 Å². The second-order valence-corrected chi connectivity index (χ2v) is 5.16. The van der Waals surface area contributed by atoms with Crippen molar-refractivity contribution in [2.24, 2.45) is 5.10 Å². The lowest BCUT2D eigenvalue weighted by molar-refractivity contribution is -0.113. The third kappa shape index (κ3) is 4.39. The minimum Gasteiger partial charge on any atom is -0.307 e. The number of nitrogens with zero attached hydrogens (tertiary/aromatic N) is 2. The third-order valence-electron chi connectivity index (χ3n) is 3.49. The molecule has 0 aromatic heterocycles. The molecule has 2 amide bonds. The minimum absolute atomic E-state index is 0.148. The van der Waals surface area contributed by atoms with E-state index in [2.05, 4.69) is 17.1 Å². The molecule has 1 aliphatic rings. The number of carbonyl (C=O) groups is 3. The van der Waals surface area contributed by atoms with E-state index < -0.39 is 0 Å². The summed E-state index contributed by atoms with van der Waals surface area (Å²) in [7, 11) is 0. The van der Waals surface area contributed by atoms with Gasteiger partial charge >= 0.3 is 0 Å². The van der Waals surface area contributed by atoms with Crippen LogP contribution in [0.25, 0.3) is 0 Å². The summed E-state index contributed by atoms with van der Waals surface area (Å²) in [5.41, 5.74) is 5.09. The molecule has 0 fully saturated rings. The van der Waals surface area contributed by atoms with Crippen LogP contribution in [0.1, 0.15) is 15.9 Å². The van der Waals surface area contributed by atoms with Crippen molar-refractivity contribution in [1.82, 2.24) is 5.43 Å². The highest BCUT2D eigenvalue weighted by Crippen LogP contribution is 2.24. The molecule has 1 aliphatic heterocycles. The maximum absolute atomic E-state index is 12.1. The van der Waals surface area contributed by atoms with Gasteiger partial charge in [-0.1, -0.05) is 36.9 Å². The summed E-state index contributed by atoms with van der Waals surface area (Å²) in [4.78, 5) is 33.3. The van der Waals surface area contributed by atoms with Crippen molar-refractivity contribution in [1.29, 1.82) is 0 Å². The molecule has 0 spiro atoms. The van der Waals surface area contributed by atoms with E-state index in [9.17, 15) is 9.59 Å². The van der Waals surface area contributed by atoms with E-state index in [1.54, 1.807) is 36.6 Å². The van der Waals surface area contributed by atoms with Crippen LogP contribution < -0.4 is 10.3 Å². The molecule has 2 aromatic rings. The first-order valence-electron chi connectivity index (χ1n) is 7.63. The molecule has 0 saturated heterocycles. The number of hydrazone groups is 1. The van der Waals surface area contributed by atoms with Crippen LogP contribution in [-0.2, 0) is 9.59 Å². The molecule has 0 bridgehead atoms. The van der Waals surface area contributed by atoms with Gasteiger partial charge in [-0.05, 0) is 35.9 Å². The van der Waals surface area contributed by atoms with Gasteiger partial charge in [-0.3, -0.25) is 14.5 Å². The first kappa shape index (κ1) is 18.5. The van der Waals surface area contributed by atoms with Crippen LogP contribution in [0.4, 0.5) is 5.69 Å². The quantitative estimate of drug-likeness (QED) is 0.682. The molecule has 6 nitrogen and oxygen atoms in total. The lowest BCUT2D eigenvalue weighted by Crippen LogP contribution is -2.23. The SMILES string of the molecule is C=C1C=CC(=O)N1c1ccc(C(=O)N/N=C/c2ccccc2)cc1.C=O. The third-order valence-corrected chi connectivity index (χ3v) is 3.49. The van der Waals surface area contributed by atoms with Crippen molar-refractivity contribution in [3.05, 3.63) is 90.2 Å². The van der Waals surface area contributed by atoms with E-state index in [-0.39, 0.29) is 11.8 Å². The van der Waals surface area contributed by atoms with Crippen molar-refractivity contribution < 1.29 is 14.4 Å². The predicted molar refractivity (Wildman–Crippen MR) is 101 cm³/mol. The summed E-state index contributed by atoms with van der Waals surface area (Å²) in [6, 6.07) is 16.2. The molecule has 1 heterocycles. The zero-order valence-corrected chi connectivity index (χ0v) is 14.0. The van der Waals surface area contributed by atoms with Crippen LogP contribution in [0.5, 0.6) is 0 Å². The number of allylic oxidation sites excluding steroid dienone is 1. The molecular formula is C20H17N3O3. The zero-order valence-electron chi connectivity index (χ0n) is 14.0. The van der Waals surface area contributed by atoms with Crippen LogP contribution in [-0.4, -0.2) is 24.8 Å². The average molecular weight is 347 g/mol. The van der Waals surface area contributed by atoms with Crippen molar-refractivity contribution in [3.63, 3.8) is 0 Å². The highest BCUT2D eigenvalue weighted by Gasteiger charge is 2.20. The van der Waals surface area contributed by atoms with E-state index >= 15 is 0 Å². The number of nitrogens with one attached hydrogen (secondary N) is 1. The Bertz CT molecular complexity index is 838. The largest absolute Gasteiger partial charge is 0.307 e. The molecule has 0 saturated carbocycles. The predicted octanol–water partition coefficient (Wildman–Crippen LogP) is 2.68. The Labute approximate surface area is 151 Å². The van der Waals surface area contributed by atoms with E-state index in [0.29, 0.717) is 16.9 Å². The second-order valence-electron chi connectivity index (χ2n) is 5.16. The summed E-state index contributed by atoms with van der Waals surface area (Å²) < 4.78 is 0. The summed E-state index contributed by atoms with van der Waals surface area (Å²) in [6.07, 6.45) is 4.69. The van der Waals surface area contributed by atoms with Crippen LogP contribution >= 0.6 is 0 Å². The first-order chi connectivity index (χ1) is 12.6. The standard InChI is InChI=1S/C19H15N3O2.CH2O/c1-14-7-12-18(23)22(14)17-10-8-16(9-11-17)19(24)21-20-13-15-5-3-2-4-6-15;1-2/h2-13H,1H2,(H,21,24);1H2/b20-13+;. The normalized spacial score (nSPS) is 12.8. The number of hydrogen-bond acceptors (Lipinski definition) is 4. The highest BCUT2D eigenvalue weighted by molar-refractivity contribution is 6.08. The molecule has 130 valence electrons. The fourth-order valence-electron chi connectivity index (χ4n) is 2.28. The molecule has 6 heteroatoms. The molecule has 2 aromatic carbocycles. The van der Waals surface area contributed by atoms with Crippen LogP contribution in [0, 0.1) is 0 Å². The van der Waals surface area contributed by atoms with Crippen molar-refractivity contribution in [2.45, 2.75) is 0 Å². The van der Waals surface area contributed by atoms with Crippen LogP contribution in [0.2, 0.25) is 0 Å². The Morgan fingerprint density at radius 3 is 2.23 bits per heavy atom. The number of amides is 2. The Morgan fingerprint density at radius 1 is 1.00 bits per heavy atom. The van der Waals surface area contributed by atoms with Gasteiger partial charge in [-0.2, -0.15) is 5.10 Å². The maximum atomic E-state index is 12.1. The lowest BCUT2D eigenvalue weighted by atomic mass is 10.2. The molecule has 3 rings (SSSR count). The summed E-state index contributed by atoms with van der Waals surface area (Å²) in [5.74, 6) is -0.469. The zero-order chi connectivity index (χ0) is 18.9. The second kappa shape index (κ2) is 8.89. The van der Waals surface area contributed by atoms with E-state index in [4.69, 9.17) is 4.79 Å². The number of anilines is 1. The monoisotopic (exact) mass is 347 g/mol. The van der Waals surface area contributed by atoms with Crippen molar-refractivity contribution in [2.75, 3.05) is 4.90 Å². The summed E-state index contributed by atoms with van der Waals surface area (Å²) in [6.45, 7) is 5.81. The molecule has 1 N–H and O–H groups in total. The Balaban J connectivity index is 0.00000117. The summed E-state index contributed by atoms with van der Waals surface area (Å²) in [5, 5.41) is 3.93. The highest BCUT2D eigenvalue weighted by atomic mass is 16.2. The molecule has 0 radical (unpaired) electrons. The summed E-state index contributed by atoms with van der Waals surface area (Å²) >= 11 is 0. The minimum atomic E-state index is -0.321. The van der Waals surface area contributed by atoms with Gasteiger partial charge in [0.05, 0.1) is 6.21 Å². The number of carbonyl (C=O) groups excluding carboxylic acids is 3. The smallest absolute Gasteiger partial charge is 0.271 e. The fraction of sp³-hybridized carbons (Fsp3) is 0. The molecule has 26 heavy (non-hydrogen) atoms. The van der Waals surface area contributed by atoms with Gasteiger partial charge in [-0.25, -0.2) is 5.43 Å². The van der Waals surface area contributed by atoms with E-state index in [0.717, 1.165) is 5.56 Å². The van der Waals surface area contributed by atoms with Crippen molar-refractivity contribution >= 4 is 30.5 Å². The van der Waals surface area contributed by atoms with Gasteiger partial charge < -0.3 is 4.79 Å². The Hall–Kier alpha value is -3.80. The van der Waals surface area contributed by atoms with E-state index in [1.165, 1.54) is 11.0 Å². The van der Waals surface area contributed by atoms with Gasteiger partial charge in [0.15, 0.2) is 0 Å². The van der Waals surface area contributed by atoms with Gasteiger partial charge in [0, 0.05) is 23.0 Å². The number of benzene rings is 2. The first-order valence-corrected chi connectivity index (χ1v) is 7.63. The molecule has 0 aliphatic carbocycles. The molecule has 0 unspecified atom stereocenters. The average Bonchev–Trinajstić information content (AvgIpc) is 3.02. The number of hydrogen-bond donors (Lipinski definition) is 1. The number of rotatable bonds is 4. The fourth-order valence-corrected chi connectivity index (χ4v) is 2.28. The van der Waals surface area contributed by atoms with Crippen molar-refractivity contribution in [3.8, 4) is 0 Å². The Kier molecular flexibility index (Phi) is 6.34. The van der Waals surface area contributed by atoms with Crippen LogP contribution in [0.15, 0.2) is 84.1 Å².